The molecule has 3 N–H and O–H groups in total. The number of sulfonamides is 1. The number of hydrogen-bond acceptors (Lipinski definition) is 10. The summed E-state index contributed by atoms with van der Waals surface area (Å²) in [5.74, 6) is 0.330. The van der Waals surface area contributed by atoms with Crippen molar-refractivity contribution in [2.75, 3.05) is 20.3 Å². The van der Waals surface area contributed by atoms with Crippen LogP contribution in [0.3, 0.4) is 0 Å². The molecule has 3 heterocycles. The molecule has 11 nitrogen and oxygen atoms in total. The van der Waals surface area contributed by atoms with Gasteiger partial charge in [-0.2, -0.15) is 0 Å². The number of rotatable bonds is 5. The topological polar surface area (TPSA) is 131 Å². The number of urea groups is 1. The van der Waals surface area contributed by atoms with E-state index < -0.39 is 22.3 Å². The van der Waals surface area contributed by atoms with Gasteiger partial charge in [-0.05, 0) is 18.4 Å². The minimum atomic E-state index is -4.12. The Balaban J connectivity index is 1.68. The largest absolute Gasteiger partial charge is 0.481 e. The summed E-state index contributed by atoms with van der Waals surface area (Å²) in [6.07, 6.45) is 0.841. The number of nitrogens with zero attached hydrogens (tertiary/aromatic N) is 2. The van der Waals surface area contributed by atoms with Gasteiger partial charge in [-0.25, -0.2) is 28.8 Å². The summed E-state index contributed by atoms with van der Waals surface area (Å²) in [6, 6.07) is 0.585. The molecule has 2 aliphatic heterocycles. The summed E-state index contributed by atoms with van der Waals surface area (Å²) in [5.41, 5.74) is 5.76. The van der Waals surface area contributed by atoms with E-state index in [0.717, 1.165) is 16.6 Å². The smallest absolute Gasteiger partial charge is 0.350 e. The number of thiophene rings is 1. The molecule has 0 atom stereocenters. The molecular formula is C13H17N5O6S2. The van der Waals surface area contributed by atoms with Crippen LogP contribution in [0.4, 0.5) is 4.79 Å². The van der Waals surface area contributed by atoms with E-state index in [1.165, 1.54) is 7.11 Å². The van der Waals surface area contributed by atoms with Crippen molar-refractivity contribution in [3.8, 4) is 0 Å². The summed E-state index contributed by atoms with van der Waals surface area (Å²) < 4.78 is 42.6. The third-order valence-electron chi connectivity index (χ3n) is 3.25. The maximum Gasteiger partial charge on any atom is 0.350 e. The van der Waals surface area contributed by atoms with Crippen LogP contribution in [-0.2, 0) is 24.2 Å². The van der Waals surface area contributed by atoms with Crippen molar-refractivity contribution in [2.24, 2.45) is 5.10 Å². The van der Waals surface area contributed by atoms with Crippen LogP contribution < -0.4 is 15.6 Å². The maximum absolute atomic E-state index is 12.5. The molecule has 0 spiro atoms. The highest BCUT2D eigenvalue weighted by Gasteiger charge is 2.30. The molecule has 0 radical (unpaired) electrons. The third kappa shape index (κ3) is 4.07. The Labute approximate surface area is 153 Å². The number of hydrogen-bond donors (Lipinski definition) is 3. The molecule has 1 saturated heterocycles. The maximum atomic E-state index is 12.5. The SMILES string of the molecule is COC1=CC(C)=NN(NC(=O)NS(=O)(=O)c2sccc2C2OCCO2)N1. The Morgan fingerprint density at radius 3 is 2.88 bits per heavy atom. The average Bonchev–Trinajstić information content (AvgIpc) is 3.24. The number of hydrazone groups is 1. The van der Waals surface area contributed by atoms with Crippen molar-refractivity contribution in [3.05, 3.63) is 29.0 Å². The number of hydrazine groups is 2. The van der Waals surface area contributed by atoms with Crippen LogP contribution in [-0.4, -0.2) is 45.7 Å². The van der Waals surface area contributed by atoms with Gasteiger partial charge in [-0.1, -0.05) is 0 Å². The standard InChI is InChI=1S/C13H17N5O6S2/c1-8-7-10(22-2)15-18(14-8)16-13(19)17-26(20,21)12-9(3-6-25-12)11-23-4-5-24-11/h3,6-7,11,15H,4-5H2,1-2H3,(H2,16,17,19). The van der Waals surface area contributed by atoms with Gasteiger partial charge in [0, 0.05) is 11.6 Å². The quantitative estimate of drug-likeness (QED) is 0.643. The number of nitrogens with one attached hydrogen (secondary N) is 3. The number of carbonyl (C=O) groups is 1. The lowest BCUT2D eigenvalue weighted by Crippen LogP contribution is -2.53. The van der Waals surface area contributed by atoms with Gasteiger partial charge < -0.3 is 14.2 Å². The van der Waals surface area contributed by atoms with Gasteiger partial charge in [0.1, 0.15) is 4.21 Å². The van der Waals surface area contributed by atoms with Gasteiger partial charge in [0.15, 0.2) is 6.29 Å². The van der Waals surface area contributed by atoms with Gasteiger partial charge in [-0.15, -0.1) is 21.7 Å². The fraction of sp³-hybridized carbons (Fsp3) is 0.385. The van der Waals surface area contributed by atoms with E-state index in [4.69, 9.17) is 14.2 Å². The first kappa shape index (κ1) is 18.4. The molecule has 13 heteroatoms. The molecule has 1 fully saturated rings. The fourth-order valence-electron chi connectivity index (χ4n) is 2.22. The molecule has 0 aromatic carbocycles. The lowest BCUT2D eigenvalue weighted by Gasteiger charge is -2.25. The van der Waals surface area contributed by atoms with Crippen LogP contribution in [0.1, 0.15) is 18.8 Å². The van der Waals surface area contributed by atoms with E-state index in [1.807, 2.05) is 4.72 Å². The van der Waals surface area contributed by atoms with E-state index >= 15 is 0 Å². The molecular weight excluding hydrogens is 386 g/mol. The Kier molecular flexibility index (Phi) is 5.31. The van der Waals surface area contributed by atoms with Crippen LogP contribution in [0.2, 0.25) is 0 Å². The van der Waals surface area contributed by atoms with Crippen LogP contribution in [0.15, 0.2) is 32.7 Å². The summed E-state index contributed by atoms with van der Waals surface area (Å²) in [4.78, 5) is 12.1. The van der Waals surface area contributed by atoms with Crippen molar-refractivity contribution in [1.29, 1.82) is 0 Å². The Morgan fingerprint density at radius 2 is 2.19 bits per heavy atom. The second kappa shape index (κ2) is 7.49. The first-order valence-corrected chi connectivity index (χ1v) is 9.77. The van der Waals surface area contributed by atoms with Crippen molar-refractivity contribution < 1.29 is 27.4 Å². The monoisotopic (exact) mass is 403 g/mol. The molecule has 0 saturated carbocycles. The van der Waals surface area contributed by atoms with Crippen LogP contribution in [0, 0.1) is 0 Å². The highest BCUT2D eigenvalue weighted by Crippen LogP contribution is 2.32. The highest BCUT2D eigenvalue weighted by atomic mass is 32.2. The molecule has 3 rings (SSSR count). The predicted octanol–water partition coefficient (Wildman–Crippen LogP) is 0.380. The minimum absolute atomic E-state index is 0.0525. The van der Waals surface area contributed by atoms with Crippen molar-refractivity contribution in [1.82, 2.24) is 20.8 Å². The number of allylic oxidation sites excluding steroid dienone is 1. The molecule has 142 valence electrons. The van der Waals surface area contributed by atoms with E-state index in [-0.39, 0.29) is 4.21 Å². The average molecular weight is 403 g/mol. The number of carbonyl (C=O) groups excluding carboxylic acids is 1. The van der Waals surface area contributed by atoms with Crippen LogP contribution in [0.5, 0.6) is 0 Å². The van der Waals surface area contributed by atoms with Gasteiger partial charge in [0.2, 0.25) is 5.88 Å². The van der Waals surface area contributed by atoms with Crippen LogP contribution >= 0.6 is 11.3 Å². The summed E-state index contributed by atoms with van der Waals surface area (Å²) >= 11 is 0.959. The van der Waals surface area contributed by atoms with Gasteiger partial charge in [0.05, 0.1) is 26.0 Å². The molecule has 1 aromatic heterocycles. The van der Waals surface area contributed by atoms with Crippen LogP contribution in [0.25, 0.3) is 0 Å². The number of methoxy groups -OCH3 is 1. The van der Waals surface area contributed by atoms with Gasteiger partial charge in [0.25, 0.3) is 10.0 Å². The fourth-order valence-corrected chi connectivity index (χ4v) is 4.51. The van der Waals surface area contributed by atoms with E-state index in [0.29, 0.717) is 30.4 Å². The van der Waals surface area contributed by atoms with Gasteiger partial charge in [-0.3, -0.25) is 0 Å². The predicted molar refractivity (Wildman–Crippen MR) is 91.0 cm³/mol. The summed E-state index contributed by atoms with van der Waals surface area (Å²) in [7, 11) is -2.68. The molecule has 2 aliphatic rings. The zero-order valence-electron chi connectivity index (χ0n) is 13.9. The molecule has 0 aliphatic carbocycles. The Morgan fingerprint density at radius 1 is 1.46 bits per heavy atom. The van der Waals surface area contributed by atoms with Crippen molar-refractivity contribution >= 4 is 33.1 Å². The van der Waals surface area contributed by atoms with Gasteiger partial charge >= 0.3 is 6.03 Å². The first-order chi connectivity index (χ1) is 12.4. The third-order valence-corrected chi connectivity index (χ3v) is 6.09. The molecule has 1 aromatic rings. The second-order valence-electron chi connectivity index (χ2n) is 5.16. The van der Waals surface area contributed by atoms with E-state index in [1.54, 1.807) is 24.4 Å². The highest BCUT2D eigenvalue weighted by molar-refractivity contribution is 7.92. The van der Waals surface area contributed by atoms with Crippen molar-refractivity contribution in [2.45, 2.75) is 17.4 Å². The van der Waals surface area contributed by atoms with E-state index in [9.17, 15) is 13.2 Å². The Hall–Kier alpha value is -2.35. The van der Waals surface area contributed by atoms with Crippen molar-refractivity contribution in [3.63, 3.8) is 0 Å². The number of amides is 2. The molecule has 0 unspecified atom stereocenters. The number of ether oxygens (including phenoxy) is 3. The zero-order chi connectivity index (χ0) is 18.7. The minimum Gasteiger partial charge on any atom is -0.481 e. The molecule has 26 heavy (non-hydrogen) atoms. The Bertz CT molecular complexity index is 843. The zero-order valence-corrected chi connectivity index (χ0v) is 15.5. The molecule has 2 amide bonds. The molecule has 0 bridgehead atoms. The second-order valence-corrected chi connectivity index (χ2v) is 7.95. The first-order valence-electron chi connectivity index (χ1n) is 7.41. The van der Waals surface area contributed by atoms with E-state index in [2.05, 4.69) is 16.0 Å². The summed E-state index contributed by atoms with van der Waals surface area (Å²) in [6.45, 7) is 2.44. The normalized spacial score (nSPS) is 18.0. The summed E-state index contributed by atoms with van der Waals surface area (Å²) in [5, 5.41) is 6.50. The lowest BCUT2D eigenvalue weighted by molar-refractivity contribution is -0.0456. The lowest BCUT2D eigenvalue weighted by atomic mass is 10.3.